The minimum atomic E-state index is -0.933. The molecule has 0 bridgehead atoms. The molecule has 0 N–H and O–H groups in total. The van der Waals surface area contributed by atoms with Gasteiger partial charge in [0.05, 0.1) is 13.7 Å². The maximum Gasteiger partial charge on any atom is 0.467 e. The Hall–Kier alpha value is -1.33. The predicted octanol–water partition coefficient (Wildman–Crippen LogP) is 0.656. The summed E-state index contributed by atoms with van der Waals surface area (Å²) in [7, 11) is 1.11. The van der Waals surface area contributed by atoms with Gasteiger partial charge in [0, 0.05) is 0 Å². The lowest BCUT2D eigenvalue weighted by Gasteiger charge is -2.08. The second-order valence-electron chi connectivity index (χ2n) is 1.83. The zero-order chi connectivity index (χ0) is 8.85. The van der Waals surface area contributed by atoms with Gasteiger partial charge in [0.2, 0.25) is 0 Å². The fraction of sp³-hybridized carbons (Fsp3) is 0.800. The summed E-state index contributed by atoms with van der Waals surface area (Å²) in [6.45, 7) is 1.80. The Kier molecular flexibility index (Phi) is 3.94. The first-order valence-electron chi connectivity index (χ1n) is 3.13. The van der Waals surface area contributed by atoms with Crippen LogP contribution in [0.1, 0.15) is 13.3 Å². The van der Waals surface area contributed by atoms with Crippen molar-refractivity contribution in [3.05, 3.63) is 10.1 Å². The molecule has 0 saturated carbocycles. The van der Waals surface area contributed by atoms with Crippen LogP contribution >= 0.6 is 0 Å². The average Bonchev–Trinajstić information content (AvgIpc) is 1.98. The molecule has 0 saturated heterocycles. The minimum Gasteiger partial charge on any atom is -0.449 e. The van der Waals surface area contributed by atoms with Crippen LogP contribution < -0.4 is 0 Å². The monoisotopic (exact) mass is 162 g/mol. The van der Waals surface area contributed by atoms with Crippen molar-refractivity contribution in [2.24, 2.45) is 0 Å². The molecule has 0 aliphatic rings. The lowest BCUT2D eigenvalue weighted by Crippen LogP contribution is -2.36. The Bertz CT molecular complexity index is 159. The van der Waals surface area contributed by atoms with Crippen LogP contribution in [-0.2, 0) is 4.74 Å². The van der Waals surface area contributed by atoms with Crippen LogP contribution in [0.15, 0.2) is 0 Å². The van der Waals surface area contributed by atoms with Crippen LogP contribution in [0.4, 0.5) is 4.79 Å². The molecule has 0 rings (SSSR count). The molecule has 0 aromatic carbocycles. The molecule has 0 aromatic rings. The highest BCUT2D eigenvalue weighted by Gasteiger charge is 2.23. The zero-order valence-electron chi connectivity index (χ0n) is 6.44. The normalized spacial score (nSPS) is 8.91. The molecule has 0 atom stereocenters. The van der Waals surface area contributed by atoms with Crippen LogP contribution in [-0.4, -0.2) is 29.8 Å². The van der Waals surface area contributed by atoms with E-state index in [9.17, 15) is 14.9 Å². The topological polar surface area (TPSA) is 72.7 Å². The highest BCUT2D eigenvalue weighted by Crippen LogP contribution is 1.94. The van der Waals surface area contributed by atoms with E-state index in [2.05, 4.69) is 4.74 Å². The van der Waals surface area contributed by atoms with E-state index in [0.717, 1.165) is 7.11 Å². The summed E-state index contributed by atoms with van der Waals surface area (Å²) < 4.78 is 4.17. The van der Waals surface area contributed by atoms with Gasteiger partial charge in [-0.1, -0.05) is 6.92 Å². The number of ether oxygens (including phenoxy) is 1. The number of nitro groups is 1. The van der Waals surface area contributed by atoms with Crippen molar-refractivity contribution in [1.29, 1.82) is 0 Å². The second kappa shape index (κ2) is 4.48. The zero-order valence-corrected chi connectivity index (χ0v) is 6.44. The number of hydrogen-bond acceptors (Lipinski definition) is 4. The van der Waals surface area contributed by atoms with Gasteiger partial charge >= 0.3 is 6.09 Å². The maximum absolute atomic E-state index is 10.6. The molecular formula is C5H10N2O4. The standard InChI is InChI=1S/C5H10N2O4/c1-3-4-6(7(9)10)5(8)11-2/h3-4H2,1-2H3. The first-order chi connectivity index (χ1) is 5.13. The molecule has 11 heavy (non-hydrogen) atoms. The van der Waals surface area contributed by atoms with Crippen LogP contribution in [0.5, 0.6) is 0 Å². The smallest absolute Gasteiger partial charge is 0.449 e. The van der Waals surface area contributed by atoms with E-state index in [1.807, 2.05) is 0 Å². The summed E-state index contributed by atoms with van der Waals surface area (Å²) in [6, 6.07) is 0. The number of hydrazine groups is 1. The molecule has 6 nitrogen and oxygen atoms in total. The number of hydrogen-bond donors (Lipinski definition) is 0. The Labute approximate surface area is 63.9 Å². The van der Waals surface area contributed by atoms with Crippen molar-refractivity contribution in [2.45, 2.75) is 13.3 Å². The first kappa shape index (κ1) is 9.67. The third-order valence-corrected chi connectivity index (χ3v) is 1.02. The van der Waals surface area contributed by atoms with Gasteiger partial charge in [-0.05, 0) is 11.4 Å². The molecule has 6 heteroatoms. The van der Waals surface area contributed by atoms with Crippen LogP contribution in [0.25, 0.3) is 0 Å². The average molecular weight is 162 g/mol. The number of carbonyl (C=O) groups is 1. The predicted molar refractivity (Wildman–Crippen MR) is 36.4 cm³/mol. The van der Waals surface area contributed by atoms with Gasteiger partial charge in [0.25, 0.3) is 0 Å². The lowest BCUT2D eigenvalue weighted by molar-refractivity contribution is -0.635. The Morgan fingerprint density at radius 1 is 1.73 bits per heavy atom. The molecule has 0 aromatic heterocycles. The molecular weight excluding hydrogens is 152 g/mol. The van der Waals surface area contributed by atoms with Crippen LogP contribution in [0.2, 0.25) is 0 Å². The van der Waals surface area contributed by atoms with Gasteiger partial charge in [0.1, 0.15) is 0 Å². The van der Waals surface area contributed by atoms with Gasteiger partial charge < -0.3 is 4.74 Å². The summed E-state index contributed by atoms with van der Waals surface area (Å²) in [4.78, 5) is 20.7. The van der Waals surface area contributed by atoms with E-state index >= 15 is 0 Å². The maximum atomic E-state index is 10.6. The molecule has 1 amide bonds. The van der Waals surface area contributed by atoms with Crippen molar-refractivity contribution in [2.75, 3.05) is 13.7 Å². The number of rotatable bonds is 3. The molecule has 0 aliphatic carbocycles. The summed E-state index contributed by atoms with van der Waals surface area (Å²) in [6.07, 6.45) is -0.410. The fourth-order valence-electron chi connectivity index (χ4n) is 0.557. The van der Waals surface area contributed by atoms with E-state index in [1.165, 1.54) is 0 Å². The van der Waals surface area contributed by atoms with E-state index in [1.54, 1.807) is 6.92 Å². The number of nitrogens with zero attached hydrogens (tertiary/aromatic N) is 2. The van der Waals surface area contributed by atoms with Gasteiger partial charge in [-0.2, -0.15) is 0 Å². The van der Waals surface area contributed by atoms with Gasteiger partial charge in [-0.15, -0.1) is 0 Å². The van der Waals surface area contributed by atoms with Gasteiger partial charge in [0.15, 0.2) is 5.03 Å². The molecule has 0 heterocycles. The second-order valence-corrected chi connectivity index (χ2v) is 1.83. The quantitative estimate of drug-likeness (QED) is 0.451. The number of methoxy groups -OCH3 is 1. The highest BCUT2D eigenvalue weighted by molar-refractivity contribution is 5.65. The largest absolute Gasteiger partial charge is 0.467 e. The van der Waals surface area contributed by atoms with Gasteiger partial charge in [-0.25, -0.2) is 14.9 Å². The van der Waals surface area contributed by atoms with Gasteiger partial charge in [-0.3, -0.25) is 0 Å². The Morgan fingerprint density at radius 2 is 2.27 bits per heavy atom. The van der Waals surface area contributed by atoms with Crippen LogP contribution in [0.3, 0.4) is 0 Å². The number of carbonyl (C=O) groups excluding carboxylic acids is 1. The van der Waals surface area contributed by atoms with Crippen molar-refractivity contribution < 1.29 is 14.6 Å². The van der Waals surface area contributed by atoms with Crippen molar-refractivity contribution in [3.63, 3.8) is 0 Å². The minimum absolute atomic E-state index is 0.0691. The molecule has 64 valence electrons. The van der Waals surface area contributed by atoms with E-state index in [4.69, 9.17) is 0 Å². The Morgan fingerprint density at radius 3 is 2.55 bits per heavy atom. The third kappa shape index (κ3) is 2.83. The summed E-state index contributed by atoms with van der Waals surface area (Å²) >= 11 is 0. The lowest BCUT2D eigenvalue weighted by atomic mass is 10.5. The summed E-state index contributed by atoms with van der Waals surface area (Å²) in [5.74, 6) is 0. The molecule has 0 aliphatic heterocycles. The summed E-state index contributed by atoms with van der Waals surface area (Å²) in [5, 5.41) is 9.77. The molecule has 0 fully saturated rings. The highest BCUT2D eigenvalue weighted by atomic mass is 16.7. The van der Waals surface area contributed by atoms with Crippen molar-refractivity contribution in [1.82, 2.24) is 5.01 Å². The van der Waals surface area contributed by atoms with E-state index in [0.29, 0.717) is 11.4 Å². The number of amides is 1. The SMILES string of the molecule is CCCN(C(=O)OC)[N+](=O)[O-]. The Balaban J connectivity index is 4.09. The van der Waals surface area contributed by atoms with Crippen LogP contribution in [0, 0.1) is 10.1 Å². The molecule has 0 spiro atoms. The van der Waals surface area contributed by atoms with E-state index in [-0.39, 0.29) is 6.54 Å². The fourth-order valence-corrected chi connectivity index (χ4v) is 0.557. The van der Waals surface area contributed by atoms with Crippen molar-refractivity contribution in [3.8, 4) is 0 Å². The third-order valence-electron chi connectivity index (χ3n) is 1.02. The van der Waals surface area contributed by atoms with Crippen molar-refractivity contribution >= 4 is 6.09 Å². The first-order valence-corrected chi connectivity index (χ1v) is 3.13. The summed E-state index contributed by atoms with van der Waals surface area (Å²) in [5.41, 5.74) is 0. The molecule has 0 radical (unpaired) electrons. The van der Waals surface area contributed by atoms with E-state index < -0.39 is 11.1 Å². The molecule has 0 unspecified atom stereocenters.